The molecule has 2 aromatic rings. The standard InChI is InChI=1S/C20H24N2O6S/c1-13(29(26,27)16-9-7-15(8-10-16)22(24)25)19(23)21-17-12-14(20(2,3)4)6-11-18(17)28-5/h6-13H,1-5H3,(H,21,23)/t13-/m1/s1. The van der Waals surface area contributed by atoms with Crippen molar-refractivity contribution >= 4 is 27.1 Å². The van der Waals surface area contributed by atoms with Crippen molar-refractivity contribution < 1.29 is 22.9 Å². The van der Waals surface area contributed by atoms with Gasteiger partial charge in [0.1, 0.15) is 11.0 Å². The zero-order valence-corrected chi connectivity index (χ0v) is 17.7. The summed E-state index contributed by atoms with van der Waals surface area (Å²) in [7, 11) is -2.58. The SMILES string of the molecule is COc1ccc(C(C)(C)C)cc1NC(=O)[C@@H](C)S(=O)(=O)c1ccc([N+](=O)[O-])cc1. The number of hydrogen-bond acceptors (Lipinski definition) is 6. The van der Waals surface area contributed by atoms with Gasteiger partial charge in [0.25, 0.3) is 5.69 Å². The van der Waals surface area contributed by atoms with Crippen molar-refractivity contribution in [1.29, 1.82) is 0 Å². The van der Waals surface area contributed by atoms with Gasteiger partial charge in [-0.15, -0.1) is 0 Å². The largest absolute Gasteiger partial charge is 0.495 e. The second-order valence-electron chi connectivity index (χ2n) is 7.59. The molecule has 156 valence electrons. The molecule has 8 nitrogen and oxygen atoms in total. The summed E-state index contributed by atoms with van der Waals surface area (Å²) in [6.45, 7) is 7.32. The number of anilines is 1. The van der Waals surface area contributed by atoms with Gasteiger partial charge in [0.2, 0.25) is 5.91 Å². The van der Waals surface area contributed by atoms with Crippen LogP contribution in [0, 0.1) is 10.1 Å². The Kier molecular flexibility index (Phi) is 6.32. The van der Waals surface area contributed by atoms with Crippen LogP contribution in [0.1, 0.15) is 33.3 Å². The molecule has 0 aliphatic heterocycles. The Morgan fingerprint density at radius 2 is 1.72 bits per heavy atom. The summed E-state index contributed by atoms with van der Waals surface area (Å²) < 4.78 is 30.8. The van der Waals surface area contributed by atoms with Crippen LogP contribution in [0.5, 0.6) is 5.75 Å². The predicted molar refractivity (Wildman–Crippen MR) is 110 cm³/mol. The second kappa shape index (κ2) is 8.20. The van der Waals surface area contributed by atoms with Crippen LogP contribution in [0.25, 0.3) is 0 Å². The van der Waals surface area contributed by atoms with Crippen molar-refractivity contribution in [2.24, 2.45) is 0 Å². The first-order valence-corrected chi connectivity index (χ1v) is 10.4. The molecular weight excluding hydrogens is 396 g/mol. The molecule has 2 rings (SSSR count). The highest BCUT2D eigenvalue weighted by molar-refractivity contribution is 7.92. The topological polar surface area (TPSA) is 116 Å². The molecule has 0 aliphatic rings. The quantitative estimate of drug-likeness (QED) is 0.563. The lowest BCUT2D eigenvalue weighted by Crippen LogP contribution is -2.32. The van der Waals surface area contributed by atoms with E-state index in [0.717, 1.165) is 29.8 Å². The third-order valence-corrected chi connectivity index (χ3v) is 6.61. The van der Waals surface area contributed by atoms with Crippen molar-refractivity contribution in [2.45, 2.75) is 43.3 Å². The zero-order chi connectivity index (χ0) is 22.0. The smallest absolute Gasteiger partial charge is 0.269 e. The van der Waals surface area contributed by atoms with E-state index in [9.17, 15) is 23.3 Å². The Balaban J connectivity index is 2.31. The van der Waals surface area contributed by atoms with Crippen LogP contribution in [0.4, 0.5) is 11.4 Å². The molecule has 0 spiro atoms. The number of carbonyl (C=O) groups excluding carboxylic acids is 1. The molecule has 0 unspecified atom stereocenters. The fourth-order valence-electron chi connectivity index (χ4n) is 2.61. The minimum absolute atomic E-state index is 0.166. The number of nitro groups is 1. The third kappa shape index (κ3) is 4.92. The van der Waals surface area contributed by atoms with E-state index >= 15 is 0 Å². The number of rotatable bonds is 6. The highest BCUT2D eigenvalue weighted by Gasteiger charge is 2.31. The summed E-state index contributed by atoms with van der Waals surface area (Å²) in [5.74, 6) is -0.320. The number of non-ortho nitro benzene ring substituents is 1. The number of carbonyl (C=O) groups is 1. The molecule has 0 bridgehead atoms. The van der Waals surface area contributed by atoms with E-state index in [-0.39, 0.29) is 16.0 Å². The van der Waals surface area contributed by atoms with Gasteiger partial charge in [0.15, 0.2) is 9.84 Å². The molecular formula is C20H24N2O6S. The molecule has 0 fully saturated rings. The zero-order valence-electron chi connectivity index (χ0n) is 16.9. The molecule has 0 heterocycles. The Bertz CT molecular complexity index is 1020. The summed E-state index contributed by atoms with van der Waals surface area (Å²) in [6, 6.07) is 9.77. The lowest BCUT2D eigenvalue weighted by Gasteiger charge is -2.22. The van der Waals surface area contributed by atoms with E-state index in [0.29, 0.717) is 11.4 Å². The molecule has 0 saturated heterocycles. The summed E-state index contributed by atoms with van der Waals surface area (Å²) in [6.07, 6.45) is 0. The van der Waals surface area contributed by atoms with Crippen molar-refractivity contribution in [3.63, 3.8) is 0 Å². The Hall–Kier alpha value is -2.94. The van der Waals surface area contributed by atoms with Crippen LogP contribution >= 0.6 is 0 Å². The maximum atomic E-state index is 12.8. The van der Waals surface area contributed by atoms with Crippen molar-refractivity contribution in [3.8, 4) is 5.75 Å². The van der Waals surface area contributed by atoms with Gasteiger partial charge in [0.05, 0.1) is 22.6 Å². The van der Waals surface area contributed by atoms with E-state index < -0.39 is 25.9 Å². The van der Waals surface area contributed by atoms with Crippen molar-refractivity contribution in [1.82, 2.24) is 0 Å². The summed E-state index contributed by atoms with van der Waals surface area (Å²) in [5, 5.41) is 12.0. The third-order valence-electron chi connectivity index (χ3n) is 4.53. The minimum Gasteiger partial charge on any atom is -0.495 e. The van der Waals surface area contributed by atoms with Gasteiger partial charge in [-0.05, 0) is 42.2 Å². The van der Waals surface area contributed by atoms with E-state index in [2.05, 4.69) is 5.32 Å². The Morgan fingerprint density at radius 1 is 1.14 bits per heavy atom. The summed E-state index contributed by atoms with van der Waals surface area (Å²) in [4.78, 5) is 22.6. The Morgan fingerprint density at radius 3 is 2.21 bits per heavy atom. The number of nitrogens with zero attached hydrogens (tertiary/aromatic N) is 1. The van der Waals surface area contributed by atoms with Crippen LogP contribution in [0.2, 0.25) is 0 Å². The number of benzene rings is 2. The van der Waals surface area contributed by atoms with E-state index in [1.165, 1.54) is 14.0 Å². The van der Waals surface area contributed by atoms with E-state index in [1.807, 2.05) is 26.8 Å². The Labute approximate surface area is 170 Å². The molecule has 0 saturated carbocycles. The number of nitro benzene ring substituents is 1. The first-order chi connectivity index (χ1) is 13.4. The fourth-order valence-corrected chi connectivity index (χ4v) is 3.87. The lowest BCUT2D eigenvalue weighted by molar-refractivity contribution is -0.384. The van der Waals surface area contributed by atoms with Gasteiger partial charge < -0.3 is 10.1 Å². The van der Waals surface area contributed by atoms with Gasteiger partial charge in [-0.2, -0.15) is 0 Å². The van der Waals surface area contributed by atoms with Crippen LogP contribution in [-0.4, -0.2) is 31.6 Å². The molecule has 2 aromatic carbocycles. The highest BCUT2D eigenvalue weighted by Crippen LogP contribution is 2.32. The van der Waals surface area contributed by atoms with E-state index in [4.69, 9.17) is 4.74 Å². The predicted octanol–water partition coefficient (Wildman–Crippen LogP) is 3.70. The van der Waals surface area contributed by atoms with Gasteiger partial charge in [-0.3, -0.25) is 14.9 Å². The van der Waals surface area contributed by atoms with Gasteiger partial charge >= 0.3 is 0 Å². The molecule has 1 atom stereocenters. The number of nitrogens with one attached hydrogen (secondary N) is 1. The summed E-state index contributed by atoms with van der Waals surface area (Å²) in [5.41, 5.74) is 0.905. The molecule has 1 amide bonds. The average Bonchev–Trinajstić information content (AvgIpc) is 2.66. The molecule has 0 aromatic heterocycles. The normalized spacial score (nSPS) is 12.9. The van der Waals surface area contributed by atoms with Gasteiger partial charge in [-0.1, -0.05) is 26.8 Å². The summed E-state index contributed by atoms with van der Waals surface area (Å²) >= 11 is 0. The molecule has 0 aliphatic carbocycles. The van der Waals surface area contributed by atoms with E-state index in [1.54, 1.807) is 12.1 Å². The fraction of sp³-hybridized carbons (Fsp3) is 0.350. The minimum atomic E-state index is -4.03. The molecule has 9 heteroatoms. The molecule has 0 radical (unpaired) electrons. The molecule has 29 heavy (non-hydrogen) atoms. The number of sulfone groups is 1. The van der Waals surface area contributed by atoms with Crippen LogP contribution in [0.15, 0.2) is 47.4 Å². The van der Waals surface area contributed by atoms with Gasteiger partial charge in [0, 0.05) is 12.1 Å². The molecule has 1 N–H and O–H groups in total. The van der Waals surface area contributed by atoms with Crippen molar-refractivity contribution in [3.05, 3.63) is 58.1 Å². The maximum absolute atomic E-state index is 12.8. The first-order valence-electron chi connectivity index (χ1n) is 8.85. The first kappa shape index (κ1) is 22.4. The number of amides is 1. The lowest BCUT2D eigenvalue weighted by atomic mass is 9.87. The number of methoxy groups -OCH3 is 1. The van der Waals surface area contributed by atoms with Gasteiger partial charge in [-0.25, -0.2) is 8.42 Å². The maximum Gasteiger partial charge on any atom is 0.269 e. The number of hydrogen-bond donors (Lipinski definition) is 1. The highest BCUT2D eigenvalue weighted by atomic mass is 32.2. The number of ether oxygens (including phenoxy) is 1. The van der Waals surface area contributed by atoms with Crippen molar-refractivity contribution in [2.75, 3.05) is 12.4 Å². The van der Waals surface area contributed by atoms with Crippen LogP contribution < -0.4 is 10.1 Å². The second-order valence-corrected chi connectivity index (χ2v) is 9.86. The average molecular weight is 420 g/mol. The van der Waals surface area contributed by atoms with Crippen LogP contribution in [0.3, 0.4) is 0 Å². The van der Waals surface area contributed by atoms with Crippen LogP contribution in [-0.2, 0) is 20.0 Å². The monoisotopic (exact) mass is 420 g/mol.